The van der Waals surface area contributed by atoms with Crippen molar-refractivity contribution in [2.45, 2.75) is 0 Å². The first kappa shape index (κ1) is 12.5. The largest absolute Gasteiger partial charge is 0.478 e. The molecule has 1 N–H and O–H groups in total. The Morgan fingerprint density at radius 2 is 1.64 bits per heavy atom. The average Bonchev–Trinajstić information content (AvgIpc) is 2.79. The Bertz CT molecular complexity index is 1020. The van der Waals surface area contributed by atoms with Gasteiger partial charge in [0.1, 0.15) is 0 Å². The lowest BCUT2D eigenvalue weighted by Crippen LogP contribution is -1.97. The van der Waals surface area contributed by atoms with Crippen molar-refractivity contribution < 1.29 is 24.2 Å². The van der Waals surface area contributed by atoms with Gasteiger partial charge < -0.3 is 9.84 Å². The van der Waals surface area contributed by atoms with Crippen LogP contribution in [0.15, 0.2) is 42.5 Å². The standard InChI is InChI=1S/C17H8O5/c18-15(19)10-2-1-8-5-9-3-4-12-14(17(21)22-16(12)20)13(9)7-11(8)6-10/h1-7H,(H,18,19). The minimum Gasteiger partial charge on any atom is -0.478 e. The van der Waals surface area contributed by atoms with Crippen LogP contribution in [0.5, 0.6) is 0 Å². The Hall–Kier alpha value is -3.21. The lowest BCUT2D eigenvalue weighted by Gasteiger charge is -2.06. The van der Waals surface area contributed by atoms with Crippen LogP contribution < -0.4 is 0 Å². The van der Waals surface area contributed by atoms with Gasteiger partial charge in [0.25, 0.3) is 0 Å². The summed E-state index contributed by atoms with van der Waals surface area (Å²) in [6.45, 7) is 0. The van der Waals surface area contributed by atoms with Gasteiger partial charge in [0.2, 0.25) is 0 Å². The van der Waals surface area contributed by atoms with Crippen molar-refractivity contribution in [2.24, 2.45) is 0 Å². The molecule has 106 valence electrons. The first-order valence-electron chi connectivity index (χ1n) is 6.55. The van der Waals surface area contributed by atoms with Gasteiger partial charge in [-0.25, -0.2) is 14.4 Å². The number of fused-ring (bicyclic) bond motifs is 4. The molecule has 0 unspecified atom stereocenters. The zero-order valence-electron chi connectivity index (χ0n) is 11.1. The third-order valence-electron chi connectivity index (χ3n) is 3.83. The molecule has 5 heteroatoms. The fourth-order valence-corrected chi connectivity index (χ4v) is 2.78. The second-order valence-electron chi connectivity index (χ2n) is 5.11. The van der Waals surface area contributed by atoms with Gasteiger partial charge in [-0.05, 0) is 51.9 Å². The van der Waals surface area contributed by atoms with Crippen molar-refractivity contribution >= 4 is 39.5 Å². The number of esters is 2. The van der Waals surface area contributed by atoms with Crippen LogP contribution in [0.1, 0.15) is 31.1 Å². The first-order chi connectivity index (χ1) is 10.5. The quantitative estimate of drug-likeness (QED) is 0.423. The number of carboxylic acids is 1. The minimum absolute atomic E-state index is 0.165. The van der Waals surface area contributed by atoms with Crippen LogP contribution in [-0.2, 0) is 4.74 Å². The molecule has 0 saturated heterocycles. The Kier molecular flexibility index (Phi) is 2.36. The van der Waals surface area contributed by atoms with E-state index in [1.807, 2.05) is 6.07 Å². The fraction of sp³-hybridized carbons (Fsp3) is 0. The van der Waals surface area contributed by atoms with Crippen molar-refractivity contribution in [3.63, 3.8) is 0 Å². The highest BCUT2D eigenvalue weighted by molar-refractivity contribution is 6.22. The summed E-state index contributed by atoms with van der Waals surface area (Å²) in [5.74, 6) is -2.34. The lowest BCUT2D eigenvalue weighted by molar-refractivity contribution is 0.0444. The maximum atomic E-state index is 11.9. The van der Waals surface area contributed by atoms with Crippen LogP contribution in [-0.4, -0.2) is 23.0 Å². The molecule has 0 amide bonds. The molecular formula is C17H8O5. The van der Waals surface area contributed by atoms with Gasteiger partial charge in [-0.3, -0.25) is 0 Å². The van der Waals surface area contributed by atoms with Crippen molar-refractivity contribution in [3.8, 4) is 0 Å². The van der Waals surface area contributed by atoms with Crippen LogP contribution in [0, 0.1) is 0 Å². The summed E-state index contributed by atoms with van der Waals surface area (Å²) in [4.78, 5) is 34.5. The van der Waals surface area contributed by atoms with E-state index in [4.69, 9.17) is 5.11 Å². The molecular weight excluding hydrogens is 284 g/mol. The minimum atomic E-state index is -1.02. The molecule has 0 radical (unpaired) electrons. The normalized spacial score (nSPS) is 13.5. The van der Waals surface area contributed by atoms with Crippen molar-refractivity contribution in [3.05, 3.63) is 59.2 Å². The third kappa shape index (κ3) is 1.62. The molecule has 3 aromatic carbocycles. The maximum absolute atomic E-state index is 11.9. The summed E-state index contributed by atoms with van der Waals surface area (Å²) in [6.07, 6.45) is 0. The summed E-state index contributed by atoms with van der Waals surface area (Å²) in [5, 5.41) is 12.0. The van der Waals surface area contributed by atoms with Gasteiger partial charge >= 0.3 is 17.9 Å². The van der Waals surface area contributed by atoms with E-state index >= 15 is 0 Å². The number of ether oxygens (including phenoxy) is 1. The Balaban J connectivity index is 2.10. The van der Waals surface area contributed by atoms with Crippen LogP contribution >= 0.6 is 0 Å². The number of rotatable bonds is 1. The number of cyclic esters (lactones) is 2. The number of hydrogen-bond acceptors (Lipinski definition) is 4. The molecule has 22 heavy (non-hydrogen) atoms. The molecule has 0 saturated carbocycles. The van der Waals surface area contributed by atoms with Crippen LogP contribution in [0.4, 0.5) is 0 Å². The zero-order valence-corrected chi connectivity index (χ0v) is 11.1. The van der Waals surface area contributed by atoms with E-state index in [-0.39, 0.29) is 16.7 Å². The van der Waals surface area contributed by atoms with E-state index in [1.54, 1.807) is 30.3 Å². The highest BCUT2D eigenvalue weighted by atomic mass is 16.6. The predicted octanol–water partition coefficient (Wildman–Crippen LogP) is 3.00. The van der Waals surface area contributed by atoms with E-state index < -0.39 is 17.9 Å². The van der Waals surface area contributed by atoms with Crippen LogP contribution in [0.25, 0.3) is 21.5 Å². The molecule has 1 heterocycles. The van der Waals surface area contributed by atoms with Gasteiger partial charge in [-0.1, -0.05) is 12.1 Å². The van der Waals surface area contributed by atoms with Crippen LogP contribution in [0.2, 0.25) is 0 Å². The van der Waals surface area contributed by atoms with Gasteiger partial charge in [-0.2, -0.15) is 0 Å². The number of benzene rings is 3. The Morgan fingerprint density at radius 3 is 2.41 bits per heavy atom. The monoisotopic (exact) mass is 292 g/mol. The second kappa shape index (κ2) is 4.14. The van der Waals surface area contributed by atoms with E-state index in [9.17, 15) is 14.4 Å². The summed E-state index contributed by atoms with van der Waals surface area (Å²) < 4.78 is 4.64. The number of carbonyl (C=O) groups is 3. The topological polar surface area (TPSA) is 80.7 Å². The second-order valence-corrected chi connectivity index (χ2v) is 5.11. The van der Waals surface area contributed by atoms with Gasteiger partial charge in [-0.15, -0.1) is 0 Å². The van der Waals surface area contributed by atoms with Gasteiger partial charge in [0.05, 0.1) is 16.7 Å². The van der Waals surface area contributed by atoms with Crippen molar-refractivity contribution in [1.29, 1.82) is 0 Å². The van der Waals surface area contributed by atoms with E-state index in [0.29, 0.717) is 10.8 Å². The van der Waals surface area contributed by atoms with Crippen molar-refractivity contribution in [2.75, 3.05) is 0 Å². The molecule has 0 fully saturated rings. The summed E-state index contributed by atoms with van der Waals surface area (Å²) in [6, 6.07) is 11.7. The number of carbonyl (C=O) groups excluding carboxylic acids is 2. The molecule has 0 bridgehead atoms. The molecule has 0 aromatic heterocycles. The lowest BCUT2D eigenvalue weighted by atomic mass is 9.96. The summed E-state index contributed by atoms with van der Waals surface area (Å²) in [7, 11) is 0. The zero-order chi connectivity index (χ0) is 15.4. The highest BCUT2D eigenvalue weighted by Crippen LogP contribution is 2.32. The molecule has 5 nitrogen and oxygen atoms in total. The highest BCUT2D eigenvalue weighted by Gasteiger charge is 2.31. The molecule has 3 aromatic rings. The molecule has 1 aliphatic heterocycles. The van der Waals surface area contributed by atoms with Crippen molar-refractivity contribution in [1.82, 2.24) is 0 Å². The number of carboxylic acid groups (broad SMARTS) is 1. The molecule has 1 aliphatic rings. The predicted molar refractivity (Wildman–Crippen MR) is 78.2 cm³/mol. The fourth-order valence-electron chi connectivity index (χ4n) is 2.78. The first-order valence-corrected chi connectivity index (χ1v) is 6.55. The maximum Gasteiger partial charge on any atom is 0.347 e. The molecule has 0 aliphatic carbocycles. The average molecular weight is 292 g/mol. The molecule has 4 rings (SSSR count). The molecule has 0 atom stereocenters. The van der Waals surface area contributed by atoms with Gasteiger partial charge in [0, 0.05) is 0 Å². The van der Waals surface area contributed by atoms with Gasteiger partial charge in [0.15, 0.2) is 0 Å². The number of aromatic carboxylic acids is 1. The third-order valence-corrected chi connectivity index (χ3v) is 3.83. The summed E-state index contributed by atoms with van der Waals surface area (Å²) in [5.41, 5.74) is 0.648. The van der Waals surface area contributed by atoms with Crippen LogP contribution in [0.3, 0.4) is 0 Å². The van der Waals surface area contributed by atoms with E-state index in [1.165, 1.54) is 6.07 Å². The Morgan fingerprint density at radius 1 is 0.864 bits per heavy atom. The molecule has 0 spiro atoms. The number of hydrogen-bond donors (Lipinski definition) is 1. The SMILES string of the molecule is O=C(O)c1ccc2cc3ccc4c(c3cc2c1)C(=O)OC4=O. The van der Waals surface area contributed by atoms with E-state index in [2.05, 4.69) is 4.74 Å². The van der Waals surface area contributed by atoms with E-state index in [0.717, 1.165) is 10.8 Å². The Labute approximate surface area is 123 Å². The smallest absolute Gasteiger partial charge is 0.347 e. The summed E-state index contributed by atoms with van der Waals surface area (Å²) >= 11 is 0.